The lowest BCUT2D eigenvalue weighted by Crippen LogP contribution is -2.40. The first-order valence-corrected chi connectivity index (χ1v) is 11.0. The number of benzene rings is 2. The molecular formula is C21H26N2O6S. The number of amides is 1. The lowest BCUT2D eigenvalue weighted by Gasteiger charge is -2.26. The summed E-state index contributed by atoms with van der Waals surface area (Å²) in [6, 6.07) is 11.0. The Kier molecular flexibility index (Phi) is 6.96. The topological polar surface area (TPSA) is 94.2 Å². The number of nitrogens with zero attached hydrogens (tertiary/aromatic N) is 1. The molecule has 0 bridgehead atoms. The fourth-order valence-corrected chi connectivity index (χ4v) is 4.72. The Labute approximate surface area is 176 Å². The van der Waals surface area contributed by atoms with E-state index in [4.69, 9.17) is 14.2 Å². The molecule has 30 heavy (non-hydrogen) atoms. The van der Waals surface area contributed by atoms with Crippen LogP contribution in [0.2, 0.25) is 0 Å². The van der Waals surface area contributed by atoms with Crippen molar-refractivity contribution < 1.29 is 27.4 Å². The highest BCUT2D eigenvalue weighted by atomic mass is 32.2. The SMILES string of the molecule is COc1ccc(OC)c(C(C)NC(=O)c2cccc(S(=O)(=O)N3CCOCC3)c2)c1. The van der Waals surface area contributed by atoms with E-state index in [1.54, 1.807) is 44.6 Å². The molecule has 1 aliphatic rings. The van der Waals surface area contributed by atoms with E-state index in [2.05, 4.69) is 5.32 Å². The Morgan fingerprint density at radius 3 is 2.50 bits per heavy atom. The van der Waals surface area contributed by atoms with E-state index in [0.717, 1.165) is 5.56 Å². The highest BCUT2D eigenvalue weighted by Gasteiger charge is 2.27. The molecule has 9 heteroatoms. The van der Waals surface area contributed by atoms with Gasteiger partial charge in [0.15, 0.2) is 0 Å². The molecule has 0 saturated carbocycles. The first-order chi connectivity index (χ1) is 14.4. The minimum absolute atomic E-state index is 0.0867. The van der Waals surface area contributed by atoms with Crippen LogP contribution in [0.1, 0.15) is 28.9 Å². The number of sulfonamides is 1. The molecule has 1 aliphatic heterocycles. The number of hydrogen-bond acceptors (Lipinski definition) is 6. The summed E-state index contributed by atoms with van der Waals surface area (Å²) in [4.78, 5) is 12.9. The minimum atomic E-state index is -3.68. The lowest BCUT2D eigenvalue weighted by molar-refractivity contribution is 0.0730. The zero-order valence-electron chi connectivity index (χ0n) is 17.3. The molecule has 0 radical (unpaired) electrons. The first-order valence-electron chi connectivity index (χ1n) is 9.57. The minimum Gasteiger partial charge on any atom is -0.497 e. The summed E-state index contributed by atoms with van der Waals surface area (Å²) in [7, 11) is -0.561. The van der Waals surface area contributed by atoms with Crippen molar-refractivity contribution in [3.63, 3.8) is 0 Å². The van der Waals surface area contributed by atoms with Gasteiger partial charge in [-0.25, -0.2) is 8.42 Å². The Morgan fingerprint density at radius 1 is 1.10 bits per heavy atom. The van der Waals surface area contributed by atoms with E-state index in [0.29, 0.717) is 37.8 Å². The maximum Gasteiger partial charge on any atom is 0.251 e. The summed E-state index contributed by atoms with van der Waals surface area (Å²) in [5, 5.41) is 2.89. The molecule has 162 valence electrons. The van der Waals surface area contributed by atoms with Crippen LogP contribution in [0.15, 0.2) is 47.4 Å². The largest absolute Gasteiger partial charge is 0.497 e. The third-order valence-electron chi connectivity index (χ3n) is 4.96. The molecule has 1 saturated heterocycles. The quantitative estimate of drug-likeness (QED) is 0.718. The Morgan fingerprint density at radius 2 is 1.83 bits per heavy atom. The van der Waals surface area contributed by atoms with Gasteiger partial charge in [0.05, 0.1) is 38.4 Å². The average molecular weight is 435 g/mol. The molecule has 1 atom stereocenters. The van der Waals surface area contributed by atoms with Gasteiger partial charge < -0.3 is 19.5 Å². The number of carbonyl (C=O) groups excluding carboxylic acids is 1. The van der Waals surface area contributed by atoms with Gasteiger partial charge in [0, 0.05) is 24.2 Å². The van der Waals surface area contributed by atoms with E-state index in [1.165, 1.54) is 16.4 Å². The van der Waals surface area contributed by atoms with E-state index < -0.39 is 10.0 Å². The van der Waals surface area contributed by atoms with Crippen molar-refractivity contribution in [3.8, 4) is 11.5 Å². The molecular weight excluding hydrogens is 408 g/mol. The molecule has 2 aromatic rings. The van der Waals surface area contributed by atoms with Gasteiger partial charge >= 0.3 is 0 Å². The normalized spacial score (nSPS) is 16.0. The predicted octanol–water partition coefficient (Wildman–Crippen LogP) is 2.22. The molecule has 0 spiro atoms. The van der Waals surface area contributed by atoms with Crippen LogP contribution in [0.3, 0.4) is 0 Å². The number of hydrogen-bond donors (Lipinski definition) is 1. The monoisotopic (exact) mass is 434 g/mol. The smallest absolute Gasteiger partial charge is 0.251 e. The third kappa shape index (κ3) is 4.75. The van der Waals surface area contributed by atoms with E-state index in [-0.39, 0.29) is 22.4 Å². The van der Waals surface area contributed by atoms with Crippen LogP contribution < -0.4 is 14.8 Å². The molecule has 3 rings (SSSR count). The number of methoxy groups -OCH3 is 2. The molecule has 1 heterocycles. The molecule has 0 aliphatic carbocycles. The fraction of sp³-hybridized carbons (Fsp3) is 0.381. The fourth-order valence-electron chi connectivity index (χ4n) is 3.27. The Balaban J connectivity index is 1.80. The second kappa shape index (κ2) is 9.46. The number of nitrogens with one attached hydrogen (secondary N) is 1. The van der Waals surface area contributed by atoms with Gasteiger partial charge in [-0.1, -0.05) is 6.07 Å². The Hall–Kier alpha value is -2.62. The van der Waals surface area contributed by atoms with Gasteiger partial charge in [-0.3, -0.25) is 4.79 Å². The summed E-state index contributed by atoms with van der Waals surface area (Å²) in [5.41, 5.74) is 1.01. The predicted molar refractivity (Wildman–Crippen MR) is 111 cm³/mol. The second-order valence-electron chi connectivity index (χ2n) is 6.85. The summed E-state index contributed by atoms with van der Waals surface area (Å²) in [6.07, 6.45) is 0. The highest BCUT2D eigenvalue weighted by Crippen LogP contribution is 2.29. The summed E-state index contributed by atoms with van der Waals surface area (Å²) in [6.45, 7) is 3.14. The van der Waals surface area contributed by atoms with Gasteiger partial charge in [0.2, 0.25) is 10.0 Å². The Bertz CT molecular complexity index is 1000. The lowest BCUT2D eigenvalue weighted by atomic mass is 10.1. The third-order valence-corrected chi connectivity index (χ3v) is 6.85. The maximum atomic E-state index is 12.9. The molecule has 1 unspecified atom stereocenters. The van der Waals surface area contributed by atoms with Crippen molar-refractivity contribution in [2.45, 2.75) is 17.9 Å². The van der Waals surface area contributed by atoms with E-state index in [9.17, 15) is 13.2 Å². The van der Waals surface area contributed by atoms with Crippen molar-refractivity contribution in [3.05, 3.63) is 53.6 Å². The molecule has 8 nitrogen and oxygen atoms in total. The van der Waals surface area contributed by atoms with Crippen LogP contribution in [0, 0.1) is 0 Å². The van der Waals surface area contributed by atoms with Crippen LogP contribution >= 0.6 is 0 Å². The van der Waals surface area contributed by atoms with Crippen LogP contribution in [0.5, 0.6) is 11.5 Å². The maximum absolute atomic E-state index is 12.9. The van der Waals surface area contributed by atoms with Crippen molar-refractivity contribution in [2.75, 3.05) is 40.5 Å². The summed E-state index contributed by atoms with van der Waals surface area (Å²) < 4.78 is 43.0. The summed E-state index contributed by atoms with van der Waals surface area (Å²) in [5.74, 6) is 0.879. The van der Waals surface area contributed by atoms with Gasteiger partial charge in [0.25, 0.3) is 5.91 Å². The number of rotatable bonds is 7. The number of ether oxygens (including phenoxy) is 3. The van der Waals surface area contributed by atoms with Crippen molar-refractivity contribution in [1.29, 1.82) is 0 Å². The van der Waals surface area contributed by atoms with Gasteiger partial charge in [-0.05, 0) is 43.3 Å². The van der Waals surface area contributed by atoms with Crippen LogP contribution in [-0.2, 0) is 14.8 Å². The van der Waals surface area contributed by atoms with E-state index >= 15 is 0 Å². The molecule has 1 amide bonds. The molecule has 1 fully saturated rings. The highest BCUT2D eigenvalue weighted by molar-refractivity contribution is 7.89. The number of carbonyl (C=O) groups is 1. The number of morpholine rings is 1. The van der Waals surface area contributed by atoms with Crippen molar-refractivity contribution in [2.24, 2.45) is 0 Å². The molecule has 0 aromatic heterocycles. The second-order valence-corrected chi connectivity index (χ2v) is 8.79. The molecule has 2 aromatic carbocycles. The van der Waals surface area contributed by atoms with Crippen molar-refractivity contribution >= 4 is 15.9 Å². The zero-order chi connectivity index (χ0) is 21.7. The molecule has 1 N–H and O–H groups in total. The van der Waals surface area contributed by atoms with Crippen molar-refractivity contribution in [1.82, 2.24) is 9.62 Å². The van der Waals surface area contributed by atoms with Gasteiger partial charge in [-0.2, -0.15) is 4.31 Å². The van der Waals surface area contributed by atoms with E-state index in [1.807, 2.05) is 6.92 Å². The van der Waals surface area contributed by atoms with Crippen LogP contribution in [0.25, 0.3) is 0 Å². The standard InChI is InChI=1S/C21H26N2O6S/c1-15(19-14-17(27-2)7-8-20(19)28-3)22-21(24)16-5-4-6-18(13-16)30(25,26)23-9-11-29-12-10-23/h4-8,13-15H,9-12H2,1-3H3,(H,22,24). The van der Waals surface area contributed by atoms with Crippen LogP contribution in [-0.4, -0.2) is 59.2 Å². The first kappa shape index (κ1) is 22.1. The average Bonchev–Trinajstić information content (AvgIpc) is 2.79. The van der Waals surface area contributed by atoms with Crippen LogP contribution in [0.4, 0.5) is 0 Å². The summed E-state index contributed by atoms with van der Waals surface area (Å²) >= 11 is 0. The van der Waals surface area contributed by atoms with Gasteiger partial charge in [-0.15, -0.1) is 0 Å². The van der Waals surface area contributed by atoms with Gasteiger partial charge in [0.1, 0.15) is 11.5 Å². The zero-order valence-corrected chi connectivity index (χ0v) is 18.1.